The fourth-order valence-electron chi connectivity index (χ4n) is 11.4. The van der Waals surface area contributed by atoms with Gasteiger partial charge in [0.1, 0.15) is 22.3 Å². The van der Waals surface area contributed by atoms with Crippen molar-refractivity contribution in [2.75, 3.05) is 0 Å². The highest BCUT2D eigenvalue weighted by Gasteiger charge is 2.46. The summed E-state index contributed by atoms with van der Waals surface area (Å²) in [7, 11) is 0. The molecule has 10 aromatic carbocycles. The molecule has 1 aliphatic rings. The summed E-state index contributed by atoms with van der Waals surface area (Å²) in [6, 6.07) is 79.9. The van der Waals surface area contributed by atoms with E-state index in [0.29, 0.717) is 17.5 Å². The molecule has 4 heterocycles. The minimum atomic E-state index is -0.509. The minimum absolute atomic E-state index is 0.509. The highest BCUT2D eigenvalue weighted by molar-refractivity contribution is 7.25. The van der Waals surface area contributed by atoms with E-state index < -0.39 is 5.41 Å². The van der Waals surface area contributed by atoms with Crippen molar-refractivity contribution in [3.05, 3.63) is 247 Å². The molecule has 70 heavy (non-hydrogen) atoms. The molecule has 0 N–H and O–H groups in total. The molecule has 0 aliphatic heterocycles. The smallest absolute Gasteiger partial charge is 0.167 e. The number of thiophene rings is 1. The maximum absolute atomic E-state index is 6.70. The third-order valence-corrected chi connectivity index (χ3v) is 15.6. The Morgan fingerprint density at radius 1 is 0.329 bits per heavy atom. The third-order valence-electron chi connectivity index (χ3n) is 14.5. The Balaban J connectivity index is 0.953. The van der Waals surface area contributed by atoms with E-state index in [1.54, 1.807) is 11.3 Å². The molecule has 15 rings (SSSR count). The van der Waals surface area contributed by atoms with Gasteiger partial charge in [-0.15, -0.1) is 11.3 Å². The lowest BCUT2D eigenvalue weighted by Gasteiger charge is -2.34. The van der Waals surface area contributed by atoms with E-state index >= 15 is 0 Å². The Labute approximate surface area is 405 Å². The predicted molar refractivity (Wildman–Crippen MR) is 286 cm³/mol. The SMILES string of the molecule is c1ccc(C2(c3ccccc3)c3ccccc3-c3ccc(-c4ccc5oc6cccc(-c7nc(-c8cccc9c8oc8ccccc89)nc(-c8cccc9sc%10ccccc%10c89)n7)c6c5c4)cc32)cc1. The van der Waals surface area contributed by atoms with Crippen LogP contribution >= 0.6 is 11.3 Å². The van der Waals surface area contributed by atoms with Crippen LogP contribution in [0.3, 0.4) is 0 Å². The molecule has 0 amide bonds. The van der Waals surface area contributed by atoms with Crippen LogP contribution in [0, 0.1) is 0 Å². The first-order valence-corrected chi connectivity index (χ1v) is 24.4. The highest BCUT2D eigenvalue weighted by Crippen LogP contribution is 2.57. The van der Waals surface area contributed by atoms with Gasteiger partial charge in [-0.25, -0.2) is 15.0 Å². The molecule has 0 saturated heterocycles. The van der Waals surface area contributed by atoms with Gasteiger partial charge in [-0.2, -0.15) is 0 Å². The number of benzene rings is 10. The standard InChI is InChI=1S/C64H37N3O2S/c1-3-16-40(17-4-1)64(41-18-5-2-6-19-41)51-27-10-7-20-42(51)43-34-32-39(37-52(43)64)38-33-35-54-50(36-38)58-47(24-14-29-55(58)68-54)61-65-62(48-25-15-31-57-59(48)46-22-9-12-30-56(46)70-57)67-63(66-61)49-26-13-23-45-44-21-8-11-28-53(44)69-60(45)49/h1-37H. The zero-order chi connectivity index (χ0) is 45.9. The summed E-state index contributed by atoms with van der Waals surface area (Å²) < 4.78 is 15.7. The van der Waals surface area contributed by atoms with Gasteiger partial charge in [0.15, 0.2) is 17.5 Å². The molecule has 0 fully saturated rings. The van der Waals surface area contributed by atoms with Crippen molar-refractivity contribution in [3.63, 3.8) is 0 Å². The Morgan fingerprint density at radius 2 is 0.871 bits per heavy atom. The molecule has 0 saturated carbocycles. The van der Waals surface area contributed by atoms with E-state index in [2.05, 4.69) is 188 Å². The number of fused-ring (bicyclic) bond motifs is 12. The molecule has 0 unspecified atom stereocenters. The summed E-state index contributed by atoms with van der Waals surface area (Å²) in [6.45, 7) is 0. The summed E-state index contributed by atoms with van der Waals surface area (Å²) in [5.41, 5.74) is 14.9. The molecule has 14 aromatic rings. The number of para-hydroxylation sites is 2. The summed E-state index contributed by atoms with van der Waals surface area (Å²) >= 11 is 1.78. The second kappa shape index (κ2) is 15.0. The van der Waals surface area contributed by atoms with Gasteiger partial charge in [0, 0.05) is 52.8 Å². The van der Waals surface area contributed by atoms with Gasteiger partial charge in [0.2, 0.25) is 0 Å². The van der Waals surface area contributed by atoms with E-state index in [1.165, 1.54) is 48.2 Å². The van der Waals surface area contributed by atoms with Crippen molar-refractivity contribution < 1.29 is 8.83 Å². The van der Waals surface area contributed by atoms with E-state index in [4.69, 9.17) is 23.8 Å². The molecule has 0 spiro atoms. The van der Waals surface area contributed by atoms with Crippen molar-refractivity contribution in [2.45, 2.75) is 5.41 Å². The Kier molecular flexibility index (Phi) is 8.38. The molecule has 326 valence electrons. The lowest BCUT2D eigenvalue weighted by Crippen LogP contribution is -2.28. The fourth-order valence-corrected chi connectivity index (χ4v) is 12.6. The monoisotopic (exact) mass is 911 g/mol. The van der Waals surface area contributed by atoms with E-state index in [1.807, 2.05) is 36.4 Å². The Bertz CT molecular complexity index is 4390. The van der Waals surface area contributed by atoms with Gasteiger partial charge in [-0.1, -0.05) is 176 Å². The number of aromatic nitrogens is 3. The normalized spacial score (nSPS) is 13.0. The molecule has 0 radical (unpaired) electrons. The first-order chi connectivity index (χ1) is 34.7. The summed E-state index contributed by atoms with van der Waals surface area (Å²) in [6.07, 6.45) is 0. The van der Waals surface area contributed by atoms with Crippen LogP contribution in [0.15, 0.2) is 233 Å². The fraction of sp³-hybridized carbons (Fsp3) is 0.0156. The minimum Gasteiger partial charge on any atom is -0.456 e. The number of rotatable bonds is 6. The molecular formula is C64H37N3O2S. The van der Waals surface area contributed by atoms with Gasteiger partial charge >= 0.3 is 0 Å². The lowest BCUT2D eigenvalue weighted by molar-refractivity contribution is 0.668. The van der Waals surface area contributed by atoms with E-state index in [9.17, 15) is 0 Å². The van der Waals surface area contributed by atoms with Crippen LogP contribution in [0.25, 0.3) is 120 Å². The largest absolute Gasteiger partial charge is 0.456 e. The van der Waals surface area contributed by atoms with Crippen LogP contribution in [-0.2, 0) is 5.41 Å². The highest BCUT2D eigenvalue weighted by atomic mass is 32.1. The van der Waals surface area contributed by atoms with Gasteiger partial charge < -0.3 is 8.83 Å². The molecular weight excluding hydrogens is 875 g/mol. The third kappa shape index (κ3) is 5.62. The predicted octanol–water partition coefficient (Wildman–Crippen LogP) is 17.1. The van der Waals surface area contributed by atoms with Crippen LogP contribution in [0.2, 0.25) is 0 Å². The number of hydrogen-bond acceptors (Lipinski definition) is 6. The van der Waals surface area contributed by atoms with Gasteiger partial charge in [0.05, 0.1) is 11.0 Å². The van der Waals surface area contributed by atoms with E-state index in [0.717, 1.165) is 77.1 Å². The van der Waals surface area contributed by atoms with Crippen molar-refractivity contribution in [1.82, 2.24) is 15.0 Å². The second-order valence-corrected chi connectivity index (χ2v) is 19.2. The Morgan fingerprint density at radius 3 is 1.69 bits per heavy atom. The molecule has 4 aromatic heterocycles. The van der Waals surface area contributed by atoms with Crippen LogP contribution in [0.1, 0.15) is 22.3 Å². The maximum Gasteiger partial charge on any atom is 0.167 e. The van der Waals surface area contributed by atoms with Crippen LogP contribution < -0.4 is 0 Å². The van der Waals surface area contributed by atoms with Crippen LogP contribution in [-0.4, -0.2) is 15.0 Å². The first kappa shape index (κ1) is 39.1. The van der Waals surface area contributed by atoms with Crippen molar-refractivity contribution in [1.29, 1.82) is 0 Å². The van der Waals surface area contributed by atoms with E-state index in [-0.39, 0.29) is 0 Å². The zero-order valence-corrected chi connectivity index (χ0v) is 38.2. The average molecular weight is 912 g/mol. The first-order valence-electron chi connectivity index (χ1n) is 23.6. The van der Waals surface area contributed by atoms with Gasteiger partial charge in [-0.05, 0) is 93.0 Å². The Hall–Kier alpha value is -8.97. The number of nitrogens with zero attached hydrogens (tertiary/aromatic N) is 3. The number of furan rings is 2. The summed E-state index contributed by atoms with van der Waals surface area (Å²) in [5, 5.41) is 6.30. The summed E-state index contributed by atoms with van der Waals surface area (Å²) in [5.74, 6) is 1.67. The molecule has 0 bridgehead atoms. The van der Waals surface area contributed by atoms with Gasteiger partial charge in [-0.3, -0.25) is 0 Å². The van der Waals surface area contributed by atoms with Crippen molar-refractivity contribution >= 4 is 75.4 Å². The van der Waals surface area contributed by atoms with Crippen molar-refractivity contribution in [2.24, 2.45) is 0 Å². The molecule has 6 heteroatoms. The molecule has 1 aliphatic carbocycles. The van der Waals surface area contributed by atoms with Crippen LogP contribution in [0.5, 0.6) is 0 Å². The second-order valence-electron chi connectivity index (χ2n) is 18.1. The average Bonchev–Trinajstić information content (AvgIpc) is 4.19. The number of hydrogen-bond donors (Lipinski definition) is 0. The zero-order valence-electron chi connectivity index (χ0n) is 37.4. The lowest BCUT2D eigenvalue weighted by atomic mass is 9.67. The van der Waals surface area contributed by atoms with Crippen molar-refractivity contribution in [3.8, 4) is 56.4 Å². The topological polar surface area (TPSA) is 65.0 Å². The quantitative estimate of drug-likeness (QED) is 0.166. The maximum atomic E-state index is 6.70. The molecule has 0 atom stereocenters. The molecule has 5 nitrogen and oxygen atoms in total. The van der Waals surface area contributed by atoms with Gasteiger partial charge in [0.25, 0.3) is 0 Å². The van der Waals surface area contributed by atoms with Crippen LogP contribution in [0.4, 0.5) is 0 Å². The summed E-state index contributed by atoms with van der Waals surface area (Å²) in [4.78, 5) is 16.1.